The van der Waals surface area contributed by atoms with E-state index in [9.17, 15) is 13.2 Å². The van der Waals surface area contributed by atoms with Gasteiger partial charge in [0.25, 0.3) is 0 Å². The van der Waals surface area contributed by atoms with Gasteiger partial charge in [-0.1, -0.05) is 36.8 Å². The molecule has 0 fully saturated rings. The van der Waals surface area contributed by atoms with E-state index in [4.69, 9.17) is 4.74 Å². The van der Waals surface area contributed by atoms with Gasteiger partial charge in [0.05, 0.1) is 6.61 Å². The van der Waals surface area contributed by atoms with Crippen LogP contribution in [-0.2, 0) is 4.74 Å². The summed E-state index contributed by atoms with van der Waals surface area (Å²) in [6.45, 7) is 4.20. The van der Waals surface area contributed by atoms with Gasteiger partial charge in [-0.25, -0.2) is 0 Å². The van der Waals surface area contributed by atoms with Crippen molar-refractivity contribution >= 4 is 0 Å². The minimum Gasteiger partial charge on any atom is -0.371 e. The molecule has 0 aliphatic carbocycles. The number of likely N-dealkylation sites (N-methyl/N-ethyl adjacent to an activating group) is 1. The third-order valence-corrected chi connectivity index (χ3v) is 2.77. The molecule has 1 N–H and O–H groups in total. The number of ether oxygens (including phenoxy) is 1. The number of hydrogen-bond donors (Lipinski definition) is 1. The first-order chi connectivity index (χ1) is 8.92. The Labute approximate surface area is 112 Å². The van der Waals surface area contributed by atoms with Crippen LogP contribution < -0.4 is 5.32 Å². The molecular formula is C14H20F3NO. The minimum absolute atomic E-state index is 0.0651. The van der Waals surface area contributed by atoms with Crippen molar-refractivity contribution in [3.05, 3.63) is 35.4 Å². The number of nitrogens with one attached hydrogen (secondary N) is 1. The van der Waals surface area contributed by atoms with Gasteiger partial charge < -0.3 is 10.1 Å². The van der Waals surface area contributed by atoms with E-state index in [1.807, 2.05) is 38.1 Å². The Morgan fingerprint density at radius 2 is 1.84 bits per heavy atom. The fraction of sp³-hybridized carbons (Fsp3) is 0.571. The lowest BCUT2D eigenvalue weighted by molar-refractivity contribution is -0.174. The molecule has 1 atom stereocenters. The summed E-state index contributed by atoms with van der Waals surface area (Å²) in [4.78, 5) is 0. The SMILES string of the molecule is CCNCC(COCC(F)(F)F)c1ccc(C)cc1. The first-order valence-electron chi connectivity index (χ1n) is 6.34. The highest BCUT2D eigenvalue weighted by Gasteiger charge is 2.28. The number of rotatable bonds is 7. The van der Waals surface area contributed by atoms with Crippen LogP contribution in [0.1, 0.15) is 24.0 Å². The van der Waals surface area contributed by atoms with E-state index >= 15 is 0 Å². The number of benzene rings is 1. The van der Waals surface area contributed by atoms with E-state index in [1.54, 1.807) is 0 Å². The van der Waals surface area contributed by atoms with Crippen LogP contribution >= 0.6 is 0 Å². The van der Waals surface area contributed by atoms with Crippen LogP contribution in [-0.4, -0.2) is 32.5 Å². The maximum atomic E-state index is 12.1. The van der Waals surface area contributed by atoms with Crippen molar-refractivity contribution in [3.8, 4) is 0 Å². The van der Waals surface area contributed by atoms with Gasteiger partial charge in [-0.2, -0.15) is 13.2 Å². The molecule has 0 amide bonds. The van der Waals surface area contributed by atoms with Gasteiger partial charge in [-0.15, -0.1) is 0 Å². The van der Waals surface area contributed by atoms with E-state index in [0.29, 0.717) is 6.54 Å². The molecule has 0 radical (unpaired) electrons. The third-order valence-electron chi connectivity index (χ3n) is 2.77. The molecule has 0 aromatic heterocycles. The fourth-order valence-corrected chi connectivity index (χ4v) is 1.75. The van der Waals surface area contributed by atoms with Crippen molar-refractivity contribution in [1.29, 1.82) is 0 Å². The first-order valence-corrected chi connectivity index (χ1v) is 6.34. The van der Waals surface area contributed by atoms with Crippen LogP contribution in [0.5, 0.6) is 0 Å². The number of alkyl halides is 3. The lowest BCUT2D eigenvalue weighted by Gasteiger charge is -2.19. The standard InChI is InChI=1S/C14H20F3NO/c1-3-18-8-13(9-19-10-14(15,16)17)12-6-4-11(2)5-7-12/h4-7,13,18H,3,8-10H2,1-2H3. The van der Waals surface area contributed by atoms with Crippen LogP contribution in [0, 0.1) is 6.92 Å². The lowest BCUT2D eigenvalue weighted by Crippen LogP contribution is -2.26. The highest BCUT2D eigenvalue weighted by Crippen LogP contribution is 2.19. The largest absolute Gasteiger partial charge is 0.411 e. The Balaban J connectivity index is 2.58. The second kappa shape index (κ2) is 7.50. The molecule has 1 rings (SSSR count). The fourth-order valence-electron chi connectivity index (χ4n) is 1.75. The van der Waals surface area contributed by atoms with Crippen LogP contribution in [0.3, 0.4) is 0 Å². The Hall–Kier alpha value is -1.07. The van der Waals surface area contributed by atoms with Crippen molar-refractivity contribution in [3.63, 3.8) is 0 Å². The van der Waals surface area contributed by atoms with E-state index in [0.717, 1.165) is 17.7 Å². The third kappa shape index (κ3) is 6.59. The average molecular weight is 275 g/mol. The Morgan fingerprint density at radius 1 is 1.21 bits per heavy atom. The van der Waals surface area contributed by atoms with Gasteiger partial charge in [0.1, 0.15) is 6.61 Å². The molecule has 0 heterocycles. The summed E-state index contributed by atoms with van der Waals surface area (Å²) < 4.78 is 41.0. The summed E-state index contributed by atoms with van der Waals surface area (Å²) >= 11 is 0. The molecule has 5 heteroatoms. The predicted octanol–water partition coefficient (Wildman–Crippen LogP) is 3.27. The summed E-state index contributed by atoms with van der Waals surface area (Å²) in [5.41, 5.74) is 2.12. The van der Waals surface area contributed by atoms with Gasteiger partial charge >= 0.3 is 6.18 Å². The van der Waals surface area contributed by atoms with Crippen molar-refractivity contribution < 1.29 is 17.9 Å². The molecule has 0 saturated heterocycles. The second-order valence-corrected chi connectivity index (χ2v) is 4.55. The second-order valence-electron chi connectivity index (χ2n) is 4.55. The predicted molar refractivity (Wildman–Crippen MR) is 69.3 cm³/mol. The Kier molecular flexibility index (Phi) is 6.31. The average Bonchev–Trinajstić information content (AvgIpc) is 2.33. The molecule has 0 bridgehead atoms. The van der Waals surface area contributed by atoms with E-state index in [2.05, 4.69) is 5.32 Å². The monoisotopic (exact) mass is 275 g/mol. The molecule has 2 nitrogen and oxygen atoms in total. The minimum atomic E-state index is -4.27. The van der Waals surface area contributed by atoms with Crippen LogP contribution in [0.25, 0.3) is 0 Å². The zero-order valence-corrected chi connectivity index (χ0v) is 11.3. The summed E-state index contributed by atoms with van der Waals surface area (Å²) in [6.07, 6.45) is -4.27. The summed E-state index contributed by atoms with van der Waals surface area (Å²) in [5, 5.41) is 3.15. The van der Waals surface area contributed by atoms with Crippen molar-refractivity contribution in [2.24, 2.45) is 0 Å². The lowest BCUT2D eigenvalue weighted by atomic mass is 9.99. The summed E-state index contributed by atoms with van der Waals surface area (Å²) in [6, 6.07) is 7.79. The maximum absolute atomic E-state index is 12.1. The Morgan fingerprint density at radius 3 is 2.37 bits per heavy atom. The first kappa shape index (κ1) is 16.0. The van der Waals surface area contributed by atoms with E-state index < -0.39 is 12.8 Å². The molecule has 0 aliphatic rings. The quantitative estimate of drug-likeness (QED) is 0.824. The smallest absolute Gasteiger partial charge is 0.371 e. The molecule has 1 aromatic rings. The maximum Gasteiger partial charge on any atom is 0.411 e. The topological polar surface area (TPSA) is 21.3 Å². The number of halogens is 3. The van der Waals surface area contributed by atoms with Gasteiger partial charge in [-0.05, 0) is 19.0 Å². The van der Waals surface area contributed by atoms with Crippen LogP contribution in [0.2, 0.25) is 0 Å². The Bertz CT molecular complexity index is 362. The summed E-state index contributed by atoms with van der Waals surface area (Å²) in [7, 11) is 0. The molecule has 108 valence electrons. The zero-order valence-electron chi connectivity index (χ0n) is 11.3. The number of hydrogen-bond acceptors (Lipinski definition) is 2. The molecular weight excluding hydrogens is 255 g/mol. The highest BCUT2D eigenvalue weighted by molar-refractivity contribution is 5.24. The molecule has 1 unspecified atom stereocenters. The molecule has 19 heavy (non-hydrogen) atoms. The van der Waals surface area contributed by atoms with Crippen LogP contribution in [0.4, 0.5) is 13.2 Å². The van der Waals surface area contributed by atoms with Crippen LogP contribution in [0.15, 0.2) is 24.3 Å². The van der Waals surface area contributed by atoms with Gasteiger partial charge in [0.15, 0.2) is 0 Å². The normalized spacial score (nSPS) is 13.5. The number of aryl methyl sites for hydroxylation is 1. The van der Waals surface area contributed by atoms with Gasteiger partial charge in [-0.3, -0.25) is 0 Å². The molecule has 1 aromatic carbocycles. The van der Waals surface area contributed by atoms with E-state index in [1.165, 1.54) is 0 Å². The molecule has 0 saturated carbocycles. The van der Waals surface area contributed by atoms with Gasteiger partial charge in [0.2, 0.25) is 0 Å². The molecule has 0 spiro atoms. The summed E-state index contributed by atoms with van der Waals surface area (Å²) in [5.74, 6) is -0.0668. The van der Waals surface area contributed by atoms with E-state index in [-0.39, 0.29) is 12.5 Å². The van der Waals surface area contributed by atoms with Crippen molar-refractivity contribution in [2.75, 3.05) is 26.3 Å². The van der Waals surface area contributed by atoms with Crippen molar-refractivity contribution in [1.82, 2.24) is 5.32 Å². The molecule has 0 aliphatic heterocycles. The van der Waals surface area contributed by atoms with Crippen molar-refractivity contribution in [2.45, 2.75) is 25.9 Å². The zero-order chi connectivity index (χ0) is 14.3. The highest BCUT2D eigenvalue weighted by atomic mass is 19.4. The van der Waals surface area contributed by atoms with Gasteiger partial charge in [0, 0.05) is 12.5 Å².